The summed E-state index contributed by atoms with van der Waals surface area (Å²) in [5, 5.41) is 0. The summed E-state index contributed by atoms with van der Waals surface area (Å²) in [7, 11) is 5.82. The smallest absolute Gasteiger partial charge is 0.302 e. The number of carbonyl (C=O) groups is 1. The van der Waals surface area contributed by atoms with Crippen LogP contribution in [0, 0.1) is 0 Å². The number of rotatable bonds is 3. The summed E-state index contributed by atoms with van der Waals surface area (Å²) in [6.07, 6.45) is 0. The highest BCUT2D eigenvalue weighted by atomic mass is 35.7. The zero-order valence-corrected chi connectivity index (χ0v) is 10.1. The Bertz CT molecular complexity index is 158. The number of ether oxygens (including phenoxy) is 1. The van der Waals surface area contributed by atoms with Crippen LogP contribution in [0.3, 0.4) is 0 Å². The molecule has 0 aromatic heterocycles. The van der Waals surface area contributed by atoms with Crippen molar-refractivity contribution in [1.82, 2.24) is 0 Å². The molecule has 6 heteroatoms. The first kappa shape index (κ1) is 15.3. The summed E-state index contributed by atoms with van der Waals surface area (Å²) < 4.78 is 14.3. The van der Waals surface area contributed by atoms with Crippen LogP contribution in [0.15, 0.2) is 0 Å². The fourth-order valence-corrected chi connectivity index (χ4v) is 0.463. The number of hydrogen-bond donors (Lipinski definition) is 0. The van der Waals surface area contributed by atoms with Gasteiger partial charge >= 0.3 is 5.97 Å². The third kappa shape index (κ3) is 24.5. The fourth-order valence-electron chi connectivity index (χ4n) is 0.463. The molecule has 0 aromatic carbocycles. The van der Waals surface area contributed by atoms with Gasteiger partial charge in [0, 0.05) is 6.92 Å². The molecule has 0 radical (unpaired) electrons. The first-order valence-electron chi connectivity index (χ1n) is 3.71. The molecule has 0 fully saturated rings. The Kier molecular flexibility index (Phi) is 9.91. The van der Waals surface area contributed by atoms with Crippen LogP contribution in [0.5, 0.6) is 0 Å². The van der Waals surface area contributed by atoms with Crippen LogP contribution in [-0.4, -0.2) is 44.7 Å². The quantitative estimate of drug-likeness (QED) is 0.419. The molecule has 0 spiro atoms. The molecular weight excluding hydrogens is 213 g/mol. The lowest BCUT2D eigenvalue weighted by molar-refractivity contribution is -0.870. The van der Waals surface area contributed by atoms with Crippen molar-refractivity contribution in [3.8, 4) is 0 Å². The van der Waals surface area contributed by atoms with Gasteiger partial charge in [0.1, 0.15) is 13.2 Å². The Balaban J connectivity index is 0. The largest absolute Gasteiger partial charge is 0.460 e. The molecule has 0 aliphatic rings. The predicted molar refractivity (Wildman–Crippen MR) is 53.0 cm³/mol. The third-order valence-corrected chi connectivity index (χ3v) is 1.07. The molecule has 0 heterocycles. The van der Waals surface area contributed by atoms with Crippen molar-refractivity contribution < 1.29 is 18.6 Å². The van der Waals surface area contributed by atoms with Gasteiger partial charge in [-0.05, 0) is 11.2 Å². The third-order valence-electron chi connectivity index (χ3n) is 1.07. The lowest BCUT2D eigenvalue weighted by atomic mass is 10.5. The SMILES string of the molecule is CC(=O)OCC[N+](C)(C)C.O=PCl. The van der Waals surface area contributed by atoms with Gasteiger partial charge in [-0.1, -0.05) is 0 Å². The van der Waals surface area contributed by atoms with Gasteiger partial charge in [0.2, 0.25) is 0 Å². The van der Waals surface area contributed by atoms with Gasteiger partial charge in [-0.3, -0.25) is 9.36 Å². The summed E-state index contributed by atoms with van der Waals surface area (Å²) in [4.78, 5) is 10.3. The topological polar surface area (TPSA) is 43.4 Å². The number of halogens is 1. The van der Waals surface area contributed by atoms with Crippen LogP contribution in [0.25, 0.3) is 0 Å². The molecule has 0 saturated heterocycles. The molecule has 0 amide bonds. The van der Waals surface area contributed by atoms with E-state index in [1.807, 2.05) is 0 Å². The molecule has 78 valence electrons. The second-order valence-electron chi connectivity index (χ2n) is 3.42. The molecular formula is C7H16ClNO3P+. The number of quaternary nitrogens is 1. The molecule has 13 heavy (non-hydrogen) atoms. The van der Waals surface area contributed by atoms with Crippen molar-refractivity contribution in [2.75, 3.05) is 34.3 Å². The second kappa shape index (κ2) is 8.42. The number of hydrogen-bond acceptors (Lipinski definition) is 3. The molecule has 0 aromatic rings. The normalized spacial score (nSPS) is 10.2. The lowest BCUT2D eigenvalue weighted by Crippen LogP contribution is -2.37. The zero-order valence-electron chi connectivity index (χ0n) is 8.41. The van der Waals surface area contributed by atoms with Crippen LogP contribution in [0.2, 0.25) is 0 Å². The molecule has 0 saturated carbocycles. The molecule has 0 bridgehead atoms. The highest BCUT2D eigenvalue weighted by Gasteiger charge is 2.06. The van der Waals surface area contributed by atoms with Gasteiger partial charge in [-0.25, -0.2) is 0 Å². The van der Waals surface area contributed by atoms with Crippen LogP contribution in [-0.2, 0) is 14.1 Å². The van der Waals surface area contributed by atoms with E-state index >= 15 is 0 Å². The van der Waals surface area contributed by atoms with Crippen molar-refractivity contribution in [3.05, 3.63) is 0 Å². The van der Waals surface area contributed by atoms with Gasteiger partial charge in [0.15, 0.2) is 0 Å². The Hall–Kier alpha value is -0.180. The first-order valence-corrected chi connectivity index (χ1v) is 5.42. The average Bonchev–Trinajstić information content (AvgIpc) is 1.84. The highest BCUT2D eigenvalue weighted by molar-refractivity contribution is 7.57. The minimum absolute atomic E-state index is 0.201. The summed E-state index contributed by atoms with van der Waals surface area (Å²) in [6, 6.07) is 0. The van der Waals surface area contributed by atoms with E-state index in [0.717, 1.165) is 11.0 Å². The van der Waals surface area contributed by atoms with E-state index in [9.17, 15) is 4.79 Å². The highest BCUT2D eigenvalue weighted by Crippen LogP contribution is 1.92. The van der Waals surface area contributed by atoms with Crippen molar-refractivity contribution in [2.45, 2.75) is 6.92 Å². The van der Waals surface area contributed by atoms with Gasteiger partial charge in [0.05, 0.1) is 21.1 Å². The van der Waals surface area contributed by atoms with Crippen LogP contribution in [0.1, 0.15) is 6.92 Å². The van der Waals surface area contributed by atoms with E-state index in [-0.39, 0.29) is 13.8 Å². The Morgan fingerprint density at radius 1 is 1.46 bits per heavy atom. The van der Waals surface area contributed by atoms with E-state index < -0.39 is 0 Å². The van der Waals surface area contributed by atoms with Crippen LogP contribution >= 0.6 is 19.1 Å². The van der Waals surface area contributed by atoms with Crippen molar-refractivity contribution >= 4 is 25.0 Å². The predicted octanol–water partition coefficient (Wildman–Crippen LogP) is 1.69. The molecule has 0 aliphatic heterocycles. The average molecular weight is 229 g/mol. The summed E-state index contributed by atoms with van der Waals surface area (Å²) in [6.45, 7) is 2.80. The van der Waals surface area contributed by atoms with Crippen molar-refractivity contribution in [2.24, 2.45) is 0 Å². The standard InChI is InChI=1S/C7H16NO2.ClOP/c1-7(9)10-6-5-8(2,3)4;1-3-2/h5-6H2,1-4H3;/q+1;. The molecule has 0 unspecified atom stereocenters. The van der Waals surface area contributed by atoms with Gasteiger partial charge < -0.3 is 9.22 Å². The monoisotopic (exact) mass is 228 g/mol. The number of nitrogens with zero attached hydrogens (tertiary/aromatic N) is 1. The Morgan fingerprint density at radius 2 is 1.85 bits per heavy atom. The molecule has 0 atom stereocenters. The number of carbonyl (C=O) groups excluding carboxylic acids is 1. The van der Waals surface area contributed by atoms with E-state index in [2.05, 4.69) is 32.4 Å². The van der Waals surface area contributed by atoms with E-state index in [0.29, 0.717) is 6.61 Å². The van der Waals surface area contributed by atoms with Crippen molar-refractivity contribution in [3.63, 3.8) is 0 Å². The number of likely N-dealkylation sites (N-methyl/N-ethyl adjacent to an activating group) is 1. The van der Waals surface area contributed by atoms with Crippen LogP contribution < -0.4 is 0 Å². The maximum atomic E-state index is 10.3. The number of esters is 1. The minimum Gasteiger partial charge on any atom is -0.460 e. The van der Waals surface area contributed by atoms with E-state index in [4.69, 9.17) is 9.30 Å². The van der Waals surface area contributed by atoms with E-state index in [1.165, 1.54) is 6.92 Å². The fraction of sp³-hybridized carbons (Fsp3) is 0.857. The molecule has 0 aliphatic carbocycles. The van der Waals surface area contributed by atoms with Gasteiger partial charge in [-0.15, -0.1) is 0 Å². The minimum atomic E-state index is -0.361. The Morgan fingerprint density at radius 3 is 2.08 bits per heavy atom. The maximum Gasteiger partial charge on any atom is 0.302 e. The molecule has 0 N–H and O–H groups in total. The van der Waals surface area contributed by atoms with Gasteiger partial charge in [-0.2, -0.15) is 0 Å². The lowest BCUT2D eigenvalue weighted by Gasteiger charge is -2.23. The molecule has 4 nitrogen and oxygen atoms in total. The zero-order chi connectivity index (χ0) is 10.9. The van der Waals surface area contributed by atoms with E-state index in [1.54, 1.807) is 0 Å². The maximum absolute atomic E-state index is 10.3. The van der Waals surface area contributed by atoms with Gasteiger partial charge in [0.25, 0.3) is 7.81 Å². The summed E-state index contributed by atoms with van der Waals surface area (Å²) in [5.41, 5.74) is 0. The second-order valence-corrected chi connectivity index (χ2v) is 3.98. The summed E-state index contributed by atoms with van der Waals surface area (Å²) in [5.74, 6) is -0.201. The van der Waals surface area contributed by atoms with Crippen LogP contribution in [0.4, 0.5) is 0 Å². The first-order chi connectivity index (χ1) is 5.83. The summed E-state index contributed by atoms with van der Waals surface area (Å²) >= 11 is 4.42. The van der Waals surface area contributed by atoms with Crippen molar-refractivity contribution in [1.29, 1.82) is 0 Å². The molecule has 0 rings (SSSR count). The Labute approximate surface area is 85.4 Å².